The molecule has 0 N–H and O–H groups in total. The van der Waals surface area contributed by atoms with Crippen molar-refractivity contribution in [3.63, 3.8) is 0 Å². The van der Waals surface area contributed by atoms with E-state index in [4.69, 9.17) is 8.92 Å². The minimum absolute atomic E-state index is 0.290. The van der Waals surface area contributed by atoms with Crippen LogP contribution in [0.15, 0.2) is 4.99 Å². The first-order valence-corrected chi connectivity index (χ1v) is 7.13. The topological polar surface area (TPSA) is 54.4 Å². The number of morpholine rings is 1. The second-order valence-corrected chi connectivity index (χ2v) is 4.72. The second kappa shape index (κ2) is 8.62. The summed E-state index contributed by atoms with van der Waals surface area (Å²) in [6.07, 6.45) is 2.98. The molecule has 0 unspecified atom stereocenters. The average Bonchev–Trinajstić information content (AvgIpc) is 2.36. The fourth-order valence-electron chi connectivity index (χ4n) is 1.15. The highest BCUT2D eigenvalue weighted by molar-refractivity contribution is 7.95. The van der Waals surface area contributed by atoms with Gasteiger partial charge in [0.25, 0.3) is 0 Å². The van der Waals surface area contributed by atoms with Crippen LogP contribution in [-0.4, -0.2) is 60.1 Å². The van der Waals surface area contributed by atoms with Crippen molar-refractivity contribution in [2.45, 2.75) is 6.92 Å². The van der Waals surface area contributed by atoms with Gasteiger partial charge in [0.2, 0.25) is 0 Å². The van der Waals surface area contributed by atoms with E-state index in [-0.39, 0.29) is 12.8 Å². The number of ether oxygens (including phenoxy) is 1. The molecular weight excluding hydrogens is 262 g/mol. The van der Waals surface area contributed by atoms with Gasteiger partial charge in [0, 0.05) is 31.5 Å². The zero-order valence-corrected chi connectivity index (χ0v) is 11.6. The average molecular weight is 279 g/mol. The maximum absolute atomic E-state index is 11.7. The van der Waals surface area contributed by atoms with E-state index in [0.717, 1.165) is 25.1 Å². The number of nitrogens with zero attached hydrogens (tertiary/aromatic N) is 3. The largest absolute Gasteiger partial charge is 0.434 e. The molecule has 0 aromatic carbocycles. The van der Waals surface area contributed by atoms with E-state index in [9.17, 15) is 4.79 Å². The van der Waals surface area contributed by atoms with Gasteiger partial charge >= 0.3 is 6.09 Å². The minimum Gasteiger partial charge on any atom is -0.379 e. The van der Waals surface area contributed by atoms with Crippen LogP contribution in [0, 0.1) is 0 Å². The molecule has 17 heavy (non-hydrogen) atoms. The molecule has 1 aliphatic heterocycles. The maximum Gasteiger partial charge on any atom is 0.434 e. The lowest BCUT2D eigenvalue weighted by molar-refractivity contribution is 0.0758. The van der Waals surface area contributed by atoms with Crippen molar-refractivity contribution in [1.29, 1.82) is 0 Å². The SMILES string of the molecule is CC=NCN(SN1CCOCC1)C(=O)OSC. The van der Waals surface area contributed by atoms with Gasteiger partial charge in [-0.15, -0.1) is 0 Å². The van der Waals surface area contributed by atoms with Gasteiger partial charge in [0.15, 0.2) is 0 Å². The van der Waals surface area contributed by atoms with Crippen LogP contribution in [0.1, 0.15) is 6.92 Å². The first-order chi connectivity index (χ1) is 8.27. The van der Waals surface area contributed by atoms with Crippen molar-refractivity contribution in [3.05, 3.63) is 0 Å². The molecule has 0 radical (unpaired) electrons. The van der Waals surface area contributed by atoms with Crippen LogP contribution in [0.3, 0.4) is 0 Å². The van der Waals surface area contributed by atoms with Crippen LogP contribution >= 0.6 is 24.2 Å². The fraction of sp³-hybridized carbons (Fsp3) is 0.778. The number of aliphatic imine (C=N–C) groups is 1. The van der Waals surface area contributed by atoms with E-state index in [2.05, 4.69) is 9.30 Å². The van der Waals surface area contributed by atoms with E-state index in [1.807, 2.05) is 6.92 Å². The second-order valence-electron chi connectivity index (χ2n) is 3.10. The quantitative estimate of drug-likeness (QED) is 0.433. The predicted molar refractivity (Wildman–Crippen MR) is 70.9 cm³/mol. The first kappa shape index (κ1) is 14.6. The third kappa shape index (κ3) is 5.62. The summed E-state index contributed by atoms with van der Waals surface area (Å²) < 4.78 is 13.7. The number of amides is 1. The summed E-state index contributed by atoms with van der Waals surface area (Å²) in [6.45, 7) is 5.08. The van der Waals surface area contributed by atoms with E-state index in [1.165, 1.54) is 16.4 Å². The Labute approximate surface area is 110 Å². The Morgan fingerprint density at radius 1 is 1.59 bits per heavy atom. The van der Waals surface area contributed by atoms with Gasteiger partial charge in [-0.1, -0.05) is 0 Å². The summed E-state index contributed by atoms with van der Waals surface area (Å²) in [5, 5.41) is 0. The van der Waals surface area contributed by atoms with Crippen LogP contribution in [0.2, 0.25) is 0 Å². The van der Waals surface area contributed by atoms with Gasteiger partial charge in [-0.05, 0) is 13.1 Å². The van der Waals surface area contributed by atoms with Crippen molar-refractivity contribution in [2.75, 3.05) is 39.2 Å². The summed E-state index contributed by atoms with van der Waals surface area (Å²) in [4.78, 5) is 15.7. The molecular formula is C9H17N3O3S2. The lowest BCUT2D eigenvalue weighted by atomic mass is 10.5. The third-order valence-electron chi connectivity index (χ3n) is 1.94. The van der Waals surface area contributed by atoms with Crippen molar-refractivity contribution >= 4 is 36.5 Å². The molecule has 1 rings (SSSR count). The smallest absolute Gasteiger partial charge is 0.379 e. The van der Waals surface area contributed by atoms with Gasteiger partial charge in [-0.25, -0.2) is 13.4 Å². The molecule has 1 amide bonds. The van der Waals surface area contributed by atoms with Crippen LogP contribution in [-0.2, 0) is 8.92 Å². The summed E-state index contributed by atoms with van der Waals surface area (Å²) in [7, 11) is 0. The molecule has 0 saturated carbocycles. The highest BCUT2D eigenvalue weighted by Crippen LogP contribution is 2.20. The lowest BCUT2D eigenvalue weighted by Gasteiger charge is -2.29. The summed E-state index contributed by atoms with van der Waals surface area (Å²) in [5.41, 5.74) is 0. The molecule has 0 spiro atoms. The fourth-order valence-corrected chi connectivity index (χ4v) is 2.25. The van der Waals surface area contributed by atoms with Gasteiger partial charge < -0.3 is 8.92 Å². The Balaban J connectivity index is 2.45. The molecule has 0 aromatic rings. The van der Waals surface area contributed by atoms with Gasteiger partial charge in [0.1, 0.15) is 6.67 Å². The molecule has 1 heterocycles. The summed E-state index contributed by atoms with van der Waals surface area (Å²) >= 11 is 2.37. The third-order valence-corrected chi connectivity index (χ3v) is 3.30. The molecule has 98 valence electrons. The molecule has 0 bridgehead atoms. The van der Waals surface area contributed by atoms with Gasteiger partial charge in [-0.3, -0.25) is 4.99 Å². The van der Waals surface area contributed by atoms with E-state index in [0.29, 0.717) is 13.2 Å². The molecule has 0 atom stereocenters. The van der Waals surface area contributed by atoms with Crippen molar-refractivity contribution in [1.82, 2.24) is 8.61 Å². The Kier molecular flexibility index (Phi) is 7.41. The predicted octanol–water partition coefficient (Wildman–Crippen LogP) is 1.65. The van der Waals surface area contributed by atoms with Crippen LogP contribution in [0.25, 0.3) is 0 Å². The first-order valence-electron chi connectivity index (χ1n) is 5.25. The Morgan fingerprint density at radius 2 is 2.29 bits per heavy atom. The van der Waals surface area contributed by atoms with Crippen molar-refractivity contribution in [2.24, 2.45) is 4.99 Å². The Bertz CT molecular complexity index is 260. The molecule has 6 nitrogen and oxygen atoms in total. The number of carbonyl (C=O) groups excluding carboxylic acids is 1. The summed E-state index contributed by atoms with van der Waals surface area (Å²) in [6, 6.07) is 0. The van der Waals surface area contributed by atoms with Crippen LogP contribution < -0.4 is 0 Å². The molecule has 8 heteroatoms. The van der Waals surface area contributed by atoms with E-state index < -0.39 is 0 Å². The standard InChI is InChI=1S/C9H17N3O3S2/c1-3-10-8-12(9(13)15-16-2)17-11-4-6-14-7-5-11/h3H,4-8H2,1-2H3. The normalized spacial score (nSPS) is 17.3. The zero-order chi connectivity index (χ0) is 12.5. The number of carbonyl (C=O) groups is 1. The zero-order valence-electron chi connectivity index (χ0n) is 10.00. The van der Waals surface area contributed by atoms with Crippen LogP contribution in [0.4, 0.5) is 4.79 Å². The molecule has 1 fully saturated rings. The van der Waals surface area contributed by atoms with Crippen LogP contribution in [0.5, 0.6) is 0 Å². The highest BCUT2D eigenvalue weighted by Gasteiger charge is 2.21. The lowest BCUT2D eigenvalue weighted by Crippen LogP contribution is -2.36. The van der Waals surface area contributed by atoms with Gasteiger partial charge in [-0.2, -0.15) is 0 Å². The number of hydrogen-bond donors (Lipinski definition) is 0. The number of rotatable bonds is 5. The maximum atomic E-state index is 11.7. The molecule has 1 saturated heterocycles. The highest BCUT2D eigenvalue weighted by atomic mass is 32.2. The Hall–Kier alpha value is -0.440. The Morgan fingerprint density at radius 3 is 2.88 bits per heavy atom. The molecule has 0 aromatic heterocycles. The molecule has 0 aliphatic carbocycles. The van der Waals surface area contributed by atoms with Crippen molar-refractivity contribution < 1.29 is 13.7 Å². The monoisotopic (exact) mass is 279 g/mol. The molecule has 1 aliphatic rings. The minimum atomic E-state index is -0.389. The summed E-state index contributed by atoms with van der Waals surface area (Å²) in [5.74, 6) is 0. The number of hydrogen-bond acceptors (Lipinski definition) is 7. The van der Waals surface area contributed by atoms with E-state index >= 15 is 0 Å². The van der Waals surface area contributed by atoms with Crippen molar-refractivity contribution in [3.8, 4) is 0 Å². The van der Waals surface area contributed by atoms with E-state index in [1.54, 1.807) is 12.5 Å². The van der Waals surface area contributed by atoms with Gasteiger partial charge in [0.05, 0.1) is 25.3 Å².